The molecule has 2 nitrogen and oxygen atoms in total. The van der Waals surface area contributed by atoms with E-state index in [4.69, 9.17) is 12.2 Å². The molecule has 2 radical (unpaired) electrons. The van der Waals surface area contributed by atoms with Crippen LogP contribution < -0.4 is 0 Å². The Labute approximate surface area is 57.7 Å². The second-order valence-electron chi connectivity index (χ2n) is 2.65. The van der Waals surface area contributed by atoms with E-state index in [0.29, 0.717) is 11.0 Å². The average Bonchev–Trinajstić information content (AvgIpc) is 1.64. The molecule has 0 aromatic carbocycles. The molecule has 0 aromatic rings. The maximum atomic E-state index is 8.53. The summed E-state index contributed by atoms with van der Waals surface area (Å²) in [5, 5.41) is 8.53. The van der Waals surface area contributed by atoms with E-state index < -0.39 is 0 Å². The normalized spacial score (nSPS) is 12.0. The highest BCUT2D eigenvalue weighted by Gasteiger charge is 2.12. The largest absolute Gasteiger partial charge is 0.391 e. The molecule has 0 spiro atoms. The van der Waals surface area contributed by atoms with Gasteiger partial charge in [-0.05, 0) is 6.42 Å². The zero-order valence-corrected chi connectivity index (χ0v) is 6.30. The van der Waals surface area contributed by atoms with E-state index in [1.807, 2.05) is 7.05 Å². The Balaban J connectivity index is 3.43. The van der Waals surface area contributed by atoms with Crippen molar-refractivity contribution in [1.82, 2.24) is 0 Å². The maximum Gasteiger partial charge on any atom is 0.206 e. The Kier molecular flexibility index (Phi) is 3.82. The van der Waals surface area contributed by atoms with Gasteiger partial charge in [0.2, 0.25) is 7.05 Å². The van der Waals surface area contributed by atoms with Gasteiger partial charge in [-0.3, -0.25) is 0 Å². The Hall–Kier alpha value is -0.0800. The van der Waals surface area contributed by atoms with Crippen molar-refractivity contribution < 1.29 is 9.59 Å². The van der Waals surface area contributed by atoms with E-state index >= 15 is 0 Å². The van der Waals surface area contributed by atoms with Crippen molar-refractivity contribution in [2.45, 2.75) is 13.3 Å². The van der Waals surface area contributed by atoms with Gasteiger partial charge in [-0.1, -0.05) is 6.92 Å². The third kappa shape index (κ3) is 4.43. The van der Waals surface area contributed by atoms with Gasteiger partial charge in [0.1, 0.15) is 6.54 Å². The van der Waals surface area contributed by atoms with Gasteiger partial charge in [-0.15, -0.1) is 0 Å². The lowest BCUT2D eigenvalue weighted by Gasteiger charge is -2.26. The van der Waals surface area contributed by atoms with Crippen molar-refractivity contribution in [3.8, 4) is 0 Å². The van der Waals surface area contributed by atoms with Crippen LogP contribution in [0.15, 0.2) is 0 Å². The van der Waals surface area contributed by atoms with Crippen LogP contribution in [-0.4, -0.2) is 36.3 Å². The molecule has 0 aliphatic heterocycles. The summed E-state index contributed by atoms with van der Waals surface area (Å²) in [5.41, 5.74) is 0. The van der Waals surface area contributed by atoms with E-state index in [-0.39, 0.29) is 6.61 Å². The molecule has 0 amide bonds. The van der Waals surface area contributed by atoms with Crippen LogP contribution >= 0.6 is 0 Å². The maximum absolute atomic E-state index is 8.53. The molecule has 0 aliphatic carbocycles. The number of likely N-dealkylation sites (N-methyl/N-ethyl adjacent to an activating group) is 1. The fourth-order valence-electron chi connectivity index (χ4n) is 0.851. The number of rotatable bonds is 4. The van der Waals surface area contributed by atoms with Crippen molar-refractivity contribution in [1.29, 1.82) is 0 Å². The minimum absolute atomic E-state index is 0.174. The first kappa shape index (κ1) is 8.92. The molecule has 0 fully saturated rings. The van der Waals surface area contributed by atoms with Gasteiger partial charge in [0.05, 0.1) is 20.2 Å². The van der Waals surface area contributed by atoms with Crippen LogP contribution in [0.3, 0.4) is 0 Å². The number of hydrogen-bond donors (Lipinski definition) is 1. The van der Waals surface area contributed by atoms with Gasteiger partial charge < -0.3 is 9.59 Å². The number of quaternary nitrogens is 1. The molecule has 0 rings (SSSR count). The number of nitrogens with zero attached hydrogens (tertiary/aromatic N) is 1. The summed E-state index contributed by atoms with van der Waals surface area (Å²) >= 11 is 0. The molecular formula is C7H16NO+. The Morgan fingerprint density at radius 2 is 2.00 bits per heavy atom. The highest BCUT2D eigenvalue weighted by molar-refractivity contribution is 4.33. The molecule has 9 heavy (non-hydrogen) atoms. The predicted octanol–water partition coefficient (Wildman–Crippen LogP) is 0.504. The standard InChI is InChI=1S/C7H16NO/c1-4-5-8(2,3)6-7-9/h2,9H,4-7H2,1,3H3/q+1. The van der Waals surface area contributed by atoms with Crippen molar-refractivity contribution in [3.63, 3.8) is 0 Å². The molecule has 54 valence electrons. The summed E-state index contributed by atoms with van der Waals surface area (Å²) in [4.78, 5) is 0. The minimum Gasteiger partial charge on any atom is -0.391 e. The smallest absolute Gasteiger partial charge is 0.206 e. The minimum atomic E-state index is 0.174. The van der Waals surface area contributed by atoms with Crippen molar-refractivity contribution in [3.05, 3.63) is 7.05 Å². The monoisotopic (exact) mass is 130 g/mol. The molecule has 0 saturated carbocycles. The lowest BCUT2D eigenvalue weighted by molar-refractivity contribution is -0.866. The summed E-state index contributed by atoms with van der Waals surface area (Å²) < 4.78 is 0.438. The van der Waals surface area contributed by atoms with Crippen LogP contribution in [0, 0.1) is 7.05 Å². The Morgan fingerprint density at radius 1 is 1.44 bits per heavy atom. The first-order valence-corrected chi connectivity index (χ1v) is 3.36. The second-order valence-corrected chi connectivity index (χ2v) is 2.65. The predicted molar refractivity (Wildman–Crippen MR) is 37.6 cm³/mol. The van der Waals surface area contributed by atoms with Gasteiger partial charge in [-0.25, -0.2) is 0 Å². The SMILES string of the molecule is [CH][N+](C)(CCC)CCO. The first-order valence-electron chi connectivity index (χ1n) is 3.36. The van der Waals surface area contributed by atoms with Gasteiger partial charge in [0.15, 0.2) is 0 Å². The molecular weight excluding hydrogens is 114 g/mol. The summed E-state index contributed by atoms with van der Waals surface area (Å²) in [7, 11) is 7.63. The number of hydrogen-bond acceptors (Lipinski definition) is 1. The van der Waals surface area contributed by atoms with E-state index in [0.717, 1.165) is 13.0 Å². The van der Waals surface area contributed by atoms with E-state index in [1.54, 1.807) is 0 Å². The van der Waals surface area contributed by atoms with E-state index in [2.05, 4.69) is 6.92 Å². The van der Waals surface area contributed by atoms with Crippen molar-refractivity contribution >= 4 is 0 Å². The van der Waals surface area contributed by atoms with E-state index in [1.165, 1.54) is 0 Å². The summed E-state index contributed by atoms with van der Waals surface area (Å²) in [6, 6.07) is 0. The fraction of sp³-hybridized carbons (Fsp3) is 0.857. The first-order chi connectivity index (χ1) is 4.12. The van der Waals surface area contributed by atoms with Gasteiger partial charge >= 0.3 is 0 Å². The lowest BCUT2D eigenvalue weighted by atomic mass is 10.4. The fourth-order valence-corrected chi connectivity index (χ4v) is 0.851. The summed E-state index contributed by atoms with van der Waals surface area (Å²) in [5.74, 6) is 0. The molecule has 1 atom stereocenters. The highest BCUT2D eigenvalue weighted by atomic mass is 16.3. The topological polar surface area (TPSA) is 20.2 Å². The Bertz CT molecular complexity index is 63.3. The third-order valence-electron chi connectivity index (χ3n) is 1.35. The summed E-state index contributed by atoms with van der Waals surface area (Å²) in [6.07, 6.45) is 1.06. The molecule has 1 N–H and O–H groups in total. The van der Waals surface area contributed by atoms with Crippen LogP contribution in [0.1, 0.15) is 13.3 Å². The molecule has 1 unspecified atom stereocenters. The van der Waals surface area contributed by atoms with Crippen LogP contribution in [-0.2, 0) is 0 Å². The lowest BCUT2D eigenvalue weighted by Crippen LogP contribution is -2.40. The van der Waals surface area contributed by atoms with E-state index in [9.17, 15) is 0 Å². The third-order valence-corrected chi connectivity index (χ3v) is 1.35. The van der Waals surface area contributed by atoms with Gasteiger partial charge in [-0.2, -0.15) is 0 Å². The molecule has 0 aromatic heterocycles. The zero-order chi connectivity index (χ0) is 7.33. The quantitative estimate of drug-likeness (QED) is 0.550. The number of aliphatic hydroxyl groups excluding tert-OH is 1. The highest BCUT2D eigenvalue weighted by Crippen LogP contribution is 1.98. The second kappa shape index (κ2) is 3.85. The van der Waals surface area contributed by atoms with Crippen molar-refractivity contribution in [2.75, 3.05) is 26.7 Å². The average molecular weight is 130 g/mol. The van der Waals surface area contributed by atoms with Crippen molar-refractivity contribution in [2.24, 2.45) is 0 Å². The van der Waals surface area contributed by atoms with Crippen LogP contribution in [0.2, 0.25) is 0 Å². The molecule has 0 bridgehead atoms. The molecule has 0 aliphatic rings. The van der Waals surface area contributed by atoms with Crippen LogP contribution in [0.4, 0.5) is 0 Å². The Morgan fingerprint density at radius 3 is 2.33 bits per heavy atom. The summed E-state index contributed by atoms with van der Waals surface area (Å²) in [6.45, 7) is 3.84. The van der Waals surface area contributed by atoms with Crippen LogP contribution in [0.25, 0.3) is 0 Å². The molecule has 2 heteroatoms. The molecule has 0 saturated heterocycles. The number of aliphatic hydroxyl groups is 1. The van der Waals surface area contributed by atoms with Gasteiger partial charge in [0, 0.05) is 0 Å². The van der Waals surface area contributed by atoms with Gasteiger partial charge in [0.25, 0.3) is 0 Å². The molecule has 0 heterocycles. The van der Waals surface area contributed by atoms with Crippen LogP contribution in [0.5, 0.6) is 0 Å². The zero-order valence-electron chi connectivity index (χ0n) is 6.30.